The average Bonchev–Trinajstić information content (AvgIpc) is 2.63. The number of rotatable bonds is 6. The second kappa shape index (κ2) is 5.88. The highest BCUT2D eigenvalue weighted by molar-refractivity contribution is 5.07. The van der Waals surface area contributed by atoms with E-state index in [4.69, 9.17) is 0 Å². The van der Waals surface area contributed by atoms with Crippen molar-refractivity contribution in [1.29, 1.82) is 0 Å². The Morgan fingerprint density at radius 2 is 2.27 bits per heavy atom. The van der Waals surface area contributed by atoms with Gasteiger partial charge < -0.3 is 10.2 Å². The average molecular weight is 210 g/mol. The second-order valence-electron chi connectivity index (χ2n) is 4.08. The highest BCUT2D eigenvalue weighted by Gasteiger charge is 2.14. The molecule has 4 heteroatoms. The molecular weight excluding hydrogens is 188 g/mol. The largest absolute Gasteiger partial charge is 0.311 e. The van der Waals surface area contributed by atoms with E-state index in [1.54, 1.807) is 0 Å². The molecule has 0 spiro atoms. The lowest BCUT2D eigenvalue weighted by Gasteiger charge is -2.21. The molecule has 0 fully saturated rings. The number of hydrogen-bond donors (Lipinski definition) is 1. The zero-order chi connectivity index (χ0) is 11.3. The summed E-state index contributed by atoms with van der Waals surface area (Å²) in [5.74, 6) is 0. The molecule has 1 N–H and O–H groups in total. The fourth-order valence-corrected chi connectivity index (χ4v) is 1.74. The van der Waals surface area contributed by atoms with Gasteiger partial charge in [0.1, 0.15) is 0 Å². The fourth-order valence-electron chi connectivity index (χ4n) is 1.74. The Kier molecular flexibility index (Phi) is 4.78. The minimum atomic E-state index is 0.356. The van der Waals surface area contributed by atoms with Crippen LogP contribution in [0.4, 0.5) is 0 Å². The van der Waals surface area contributed by atoms with Gasteiger partial charge in [-0.25, -0.2) is 0 Å². The van der Waals surface area contributed by atoms with Crippen LogP contribution in [0.15, 0.2) is 12.3 Å². The van der Waals surface area contributed by atoms with Crippen LogP contribution in [0.2, 0.25) is 0 Å². The molecule has 0 aliphatic carbocycles. The Morgan fingerprint density at radius 1 is 1.53 bits per heavy atom. The third kappa shape index (κ3) is 3.32. The minimum Gasteiger partial charge on any atom is -0.311 e. The maximum atomic E-state index is 4.34. The molecule has 0 saturated carbocycles. The molecule has 1 rings (SSSR count). The van der Waals surface area contributed by atoms with E-state index in [1.807, 2.05) is 13.2 Å². The van der Waals surface area contributed by atoms with Crippen LogP contribution in [0.5, 0.6) is 0 Å². The molecule has 0 bridgehead atoms. The molecule has 1 unspecified atom stereocenters. The first kappa shape index (κ1) is 12.2. The molecule has 0 radical (unpaired) electrons. The molecule has 15 heavy (non-hydrogen) atoms. The number of nitrogens with zero attached hydrogens (tertiary/aromatic N) is 3. The van der Waals surface area contributed by atoms with Gasteiger partial charge in [0.25, 0.3) is 0 Å². The van der Waals surface area contributed by atoms with Gasteiger partial charge in [-0.3, -0.25) is 4.68 Å². The van der Waals surface area contributed by atoms with Crippen LogP contribution in [0.1, 0.15) is 25.1 Å². The van der Waals surface area contributed by atoms with Crippen molar-refractivity contribution >= 4 is 0 Å². The first-order valence-corrected chi connectivity index (χ1v) is 5.52. The predicted octanol–water partition coefficient (Wildman–Crippen LogP) is 1.12. The Bertz CT molecular complexity index is 280. The van der Waals surface area contributed by atoms with Crippen molar-refractivity contribution in [2.75, 3.05) is 27.7 Å². The van der Waals surface area contributed by atoms with Gasteiger partial charge in [-0.05, 0) is 33.6 Å². The molecule has 1 atom stereocenters. The molecule has 0 aliphatic rings. The van der Waals surface area contributed by atoms with E-state index < -0.39 is 0 Å². The van der Waals surface area contributed by atoms with Crippen molar-refractivity contribution in [2.45, 2.75) is 25.9 Å². The molecule has 0 amide bonds. The van der Waals surface area contributed by atoms with Crippen LogP contribution in [0.3, 0.4) is 0 Å². The van der Waals surface area contributed by atoms with E-state index in [0.717, 1.165) is 19.5 Å². The van der Waals surface area contributed by atoms with Gasteiger partial charge in [0, 0.05) is 19.3 Å². The van der Waals surface area contributed by atoms with Gasteiger partial charge in [-0.15, -0.1) is 0 Å². The zero-order valence-corrected chi connectivity index (χ0v) is 10.2. The molecule has 0 aromatic carbocycles. The standard InChI is InChI=1S/C11H22N4/c1-5-8-15-11(6-7-13-15)10(12-2)9-14(3)4/h6-7,10,12H,5,8-9H2,1-4H3. The zero-order valence-electron chi connectivity index (χ0n) is 10.2. The Hall–Kier alpha value is -0.870. The van der Waals surface area contributed by atoms with Crippen molar-refractivity contribution in [3.8, 4) is 0 Å². The van der Waals surface area contributed by atoms with Gasteiger partial charge in [-0.1, -0.05) is 6.92 Å². The molecule has 1 aromatic rings. The topological polar surface area (TPSA) is 33.1 Å². The summed E-state index contributed by atoms with van der Waals surface area (Å²) in [5, 5.41) is 7.67. The molecule has 0 saturated heterocycles. The van der Waals surface area contributed by atoms with Crippen LogP contribution >= 0.6 is 0 Å². The summed E-state index contributed by atoms with van der Waals surface area (Å²) >= 11 is 0. The Morgan fingerprint density at radius 3 is 2.80 bits per heavy atom. The van der Waals surface area contributed by atoms with Gasteiger partial charge in [-0.2, -0.15) is 5.10 Å². The van der Waals surface area contributed by atoms with Crippen molar-refractivity contribution < 1.29 is 0 Å². The lowest BCUT2D eigenvalue weighted by Crippen LogP contribution is -2.30. The van der Waals surface area contributed by atoms with Gasteiger partial charge >= 0.3 is 0 Å². The van der Waals surface area contributed by atoms with Crippen LogP contribution in [-0.4, -0.2) is 42.4 Å². The first-order valence-electron chi connectivity index (χ1n) is 5.52. The highest BCUT2D eigenvalue weighted by atomic mass is 15.3. The lowest BCUT2D eigenvalue weighted by molar-refractivity contribution is 0.340. The van der Waals surface area contributed by atoms with Gasteiger partial charge in [0.15, 0.2) is 0 Å². The second-order valence-corrected chi connectivity index (χ2v) is 4.08. The van der Waals surface area contributed by atoms with Crippen LogP contribution < -0.4 is 5.32 Å². The third-order valence-electron chi connectivity index (χ3n) is 2.44. The molecule has 86 valence electrons. The number of aromatic nitrogens is 2. The third-order valence-corrected chi connectivity index (χ3v) is 2.44. The van der Waals surface area contributed by atoms with Gasteiger partial charge in [0.05, 0.1) is 11.7 Å². The van der Waals surface area contributed by atoms with Crippen molar-refractivity contribution in [3.05, 3.63) is 18.0 Å². The fraction of sp³-hybridized carbons (Fsp3) is 0.727. The van der Waals surface area contributed by atoms with E-state index in [0.29, 0.717) is 6.04 Å². The summed E-state index contributed by atoms with van der Waals surface area (Å²) in [7, 11) is 6.17. The minimum absolute atomic E-state index is 0.356. The quantitative estimate of drug-likeness (QED) is 0.763. The van der Waals surface area contributed by atoms with Crippen LogP contribution in [-0.2, 0) is 6.54 Å². The lowest BCUT2D eigenvalue weighted by atomic mass is 10.2. The summed E-state index contributed by atoms with van der Waals surface area (Å²) < 4.78 is 2.09. The van der Waals surface area contributed by atoms with E-state index in [1.165, 1.54) is 5.69 Å². The number of nitrogens with one attached hydrogen (secondary N) is 1. The molecule has 4 nitrogen and oxygen atoms in total. The number of likely N-dealkylation sites (N-methyl/N-ethyl adjacent to an activating group) is 2. The summed E-state index contributed by atoms with van der Waals surface area (Å²) in [6, 6.07) is 2.45. The van der Waals surface area contributed by atoms with Crippen molar-refractivity contribution in [2.24, 2.45) is 0 Å². The van der Waals surface area contributed by atoms with Crippen LogP contribution in [0.25, 0.3) is 0 Å². The molecule has 1 heterocycles. The SMILES string of the molecule is CCCn1nccc1C(CN(C)C)NC. The van der Waals surface area contributed by atoms with Crippen LogP contribution in [0, 0.1) is 0 Å². The highest BCUT2D eigenvalue weighted by Crippen LogP contribution is 2.13. The van der Waals surface area contributed by atoms with E-state index in [9.17, 15) is 0 Å². The van der Waals surface area contributed by atoms with E-state index in [2.05, 4.69) is 47.1 Å². The molecule has 1 aromatic heterocycles. The normalized spacial score (nSPS) is 13.4. The Labute approximate surface area is 92.3 Å². The van der Waals surface area contributed by atoms with Gasteiger partial charge in [0.2, 0.25) is 0 Å². The summed E-state index contributed by atoms with van der Waals surface area (Å²) in [6.45, 7) is 4.16. The predicted molar refractivity (Wildman–Crippen MR) is 62.9 cm³/mol. The number of hydrogen-bond acceptors (Lipinski definition) is 3. The molecular formula is C11H22N4. The summed E-state index contributed by atoms with van der Waals surface area (Å²) in [4.78, 5) is 2.18. The smallest absolute Gasteiger partial charge is 0.0618 e. The van der Waals surface area contributed by atoms with Crippen molar-refractivity contribution in [1.82, 2.24) is 20.0 Å². The van der Waals surface area contributed by atoms with E-state index >= 15 is 0 Å². The maximum absolute atomic E-state index is 4.34. The number of aryl methyl sites for hydroxylation is 1. The van der Waals surface area contributed by atoms with E-state index in [-0.39, 0.29) is 0 Å². The monoisotopic (exact) mass is 210 g/mol. The summed E-state index contributed by atoms with van der Waals surface area (Å²) in [5.41, 5.74) is 1.27. The maximum Gasteiger partial charge on any atom is 0.0618 e. The first-order chi connectivity index (χ1) is 7.19. The molecule has 0 aliphatic heterocycles. The van der Waals surface area contributed by atoms with Crippen molar-refractivity contribution in [3.63, 3.8) is 0 Å². The summed E-state index contributed by atoms with van der Waals surface area (Å²) in [6.07, 6.45) is 3.00. The Balaban J connectivity index is 2.76.